The van der Waals surface area contributed by atoms with Crippen molar-refractivity contribution in [3.05, 3.63) is 71.3 Å². The molecule has 6 nitrogen and oxygen atoms in total. The number of nitrogens with two attached hydrogens (primary N) is 1. The number of carboxylic acids is 1. The van der Waals surface area contributed by atoms with Crippen molar-refractivity contribution in [2.45, 2.75) is 39.3 Å². The molecule has 1 aromatic heterocycles. The first-order valence-corrected chi connectivity index (χ1v) is 10.1. The SMILES string of the molecule is CCCC(Oc1nc(Oc2cc(C)cc(-c3cccc(CN)c3)c2)c(F)cc1F)C(=O)O. The van der Waals surface area contributed by atoms with Crippen LogP contribution >= 0.6 is 0 Å². The molecule has 0 spiro atoms. The molecule has 0 saturated carbocycles. The summed E-state index contributed by atoms with van der Waals surface area (Å²) in [5.74, 6) is -4.28. The van der Waals surface area contributed by atoms with Gasteiger partial charge in [-0.1, -0.05) is 37.6 Å². The number of halogens is 2. The molecule has 168 valence electrons. The molecule has 3 rings (SSSR count). The van der Waals surface area contributed by atoms with Crippen LogP contribution in [0, 0.1) is 18.6 Å². The summed E-state index contributed by atoms with van der Waals surface area (Å²) in [5.41, 5.74) is 9.26. The van der Waals surface area contributed by atoms with Crippen LogP contribution in [-0.2, 0) is 11.3 Å². The second-order valence-electron chi connectivity index (χ2n) is 7.34. The van der Waals surface area contributed by atoms with Gasteiger partial charge < -0.3 is 20.3 Å². The maximum absolute atomic E-state index is 14.4. The Morgan fingerprint density at radius 2 is 1.84 bits per heavy atom. The highest BCUT2D eigenvalue weighted by Crippen LogP contribution is 2.32. The molecule has 8 heteroatoms. The van der Waals surface area contributed by atoms with Crippen LogP contribution in [0.15, 0.2) is 48.5 Å². The third kappa shape index (κ3) is 5.59. The zero-order valence-electron chi connectivity index (χ0n) is 17.8. The largest absolute Gasteiger partial charge is 0.479 e. The molecular weight excluding hydrogens is 418 g/mol. The van der Waals surface area contributed by atoms with Crippen molar-refractivity contribution in [1.29, 1.82) is 0 Å². The number of benzene rings is 2. The number of pyridine rings is 1. The van der Waals surface area contributed by atoms with E-state index in [4.69, 9.17) is 15.2 Å². The Morgan fingerprint density at radius 1 is 1.09 bits per heavy atom. The monoisotopic (exact) mass is 442 g/mol. The number of hydrogen-bond donors (Lipinski definition) is 2. The molecule has 3 aromatic rings. The van der Waals surface area contributed by atoms with E-state index in [0.29, 0.717) is 19.0 Å². The van der Waals surface area contributed by atoms with Gasteiger partial charge in [0.2, 0.25) is 0 Å². The van der Waals surface area contributed by atoms with Gasteiger partial charge in [-0.3, -0.25) is 0 Å². The van der Waals surface area contributed by atoms with Gasteiger partial charge in [0.05, 0.1) is 0 Å². The highest BCUT2D eigenvalue weighted by atomic mass is 19.1. The molecule has 32 heavy (non-hydrogen) atoms. The molecule has 3 N–H and O–H groups in total. The van der Waals surface area contributed by atoms with Gasteiger partial charge in [0, 0.05) is 12.6 Å². The van der Waals surface area contributed by atoms with Crippen LogP contribution in [-0.4, -0.2) is 22.2 Å². The quantitative estimate of drug-likeness (QED) is 0.472. The van der Waals surface area contributed by atoms with Gasteiger partial charge >= 0.3 is 5.97 Å². The number of hydrogen-bond acceptors (Lipinski definition) is 5. The molecule has 0 aliphatic carbocycles. The van der Waals surface area contributed by atoms with Crippen molar-refractivity contribution in [2.24, 2.45) is 5.73 Å². The van der Waals surface area contributed by atoms with Gasteiger partial charge in [-0.25, -0.2) is 13.6 Å². The standard InChI is InChI=1S/C24H24F2N2O4/c1-3-5-21(24(29)30)32-23-20(26)12-19(25)22(28-23)31-18-9-14(2)8-17(11-18)16-7-4-6-15(10-16)13-27/h4,6-12,21H,3,5,13,27H2,1-2H3,(H,29,30). The molecule has 2 aromatic carbocycles. The third-order valence-electron chi connectivity index (χ3n) is 4.71. The zero-order chi connectivity index (χ0) is 23.3. The second kappa shape index (κ2) is 10.2. The van der Waals surface area contributed by atoms with Crippen molar-refractivity contribution >= 4 is 5.97 Å². The minimum absolute atomic E-state index is 0.146. The van der Waals surface area contributed by atoms with E-state index in [1.54, 1.807) is 19.1 Å². The average Bonchev–Trinajstić information content (AvgIpc) is 2.76. The van der Waals surface area contributed by atoms with E-state index in [1.165, 1.54) is 0 Å². The summed E-state index contributed by atoms with van der Waals surface area (Å²) in [6, 6.07) is 13.5. The van der Waals surface area contributed by atoms with Crippen LogP contribution in [0.3, 0.4) is 0 Å². The van der Waals surface area contributed by atoms with E-state index >= 15 is 0 Å². The summed E-state index contributed by atoms with van der Waals surface area (Å²) >= 11 is 0. The molecule has 0 aliphatic rings. The minimum atomic E-state index is -1.30. The number of ether oxygens (including phenoxy) is 2. The predicted molar refractivity (Wildman–Crippen MR) is 116 cm³/mol. The fourth-order valence-electron chi connectivity index (χ4n) is 3.18. The van der Waals surface area contributed by atoms with Gasteiger partial charge in [-0.05, 0) is 53.8 Å². The lowest BCUT2D eigenvalue weighted by Gasteiger charge is -2.15. The van der Waals surface area contributed by atoms with Crippen LogP contribution in [0.2, 0.25) is 0 Å². The Labute approximate surface area is 184 Å². The first kappa shape index (κ1) is 23.1. The number of carbonyl (C=O) groups is 1. The fourth-order valence-corrected chi connectivity index (χ4v) is 3.18. The van der Waals surface area contributed by atoms with E-state index in [1.807, 2.05) is 37.3 Å². The normalized spacial score (nSPS) is 11.8. The smallest absolute Gasteiger partial charge is 0.344 e. The van der Waals surface area contributed by atoms with E-state index in [0.717, 1.165) is 22.3 Å². The maximum Gasteiger partial charge on any atom is 0.344 e. The molecule has 0 saturated heterocycles. The number of aryl methyl sites for hydroxylation is 1. The molecule has 0 radical (unpaired) electrons. The molecular formula is C24H24F2N2O4. The Balaban J connectivity index is 1.93. The first-order chi connectivity index (χ1) is 15.3. The van der Waals surface area contributed by atoms with Gasteiger partial charge in [-0.15, -0.1) is 0 Å². The number of nitrogens with zero attached hydrogens (tertiary/aromatic N) is 1. The summed E-state index contributed by atoms with van der Waals surface area (Å²) < 4.78 is 39.3. The van der Waals surface area contributed by atoms with Gasteiger partial charge in [0.25, 0.3) is 11.8 Å². The summed E-state index contributed by atoms with van der Waals surface area (Å²) in [6.45, 7) is 4.01. The average molecular weight is 442 g/mol. The van der Waals surface area contributed by atoms with Crippen LogP contribution in [0.5, 0.6) is 17.5 Å². The number of rotatable bonds is 9. The molecule has 0 fully saturated rings. The predicted octanol–water partition coefficient (Wildman–Crippen LogP) is 5.22. The molecule has 1 atom stereocenters. The van der Waals surface area contributed by atoms with Crippen molar-refractivity contribution in [2.75, 3.05) is 0 Å². The lowest BCUT2D eigenvalue weighted by atomic mass is 10.0. The zero-order valence-corrected chi connectivity index (χ0v) is 17.8. The summed E-state index contributed by atoms with van der Waals surface area (Å²) in [4.78, 5) is 15.1. The maximum atomic E-state index is 14.4. The Morgan fingerprint density at radius 3 is 2.53 bits per heavy atom. The minimum Gasteiger partial charge on any atom is -0.479 e. The lowest BCUT2D eigenvalue weighted by molar-refractivity contribution is -0.145. The van der Waals surface area contributed by atoms with E-state index < -0.39 is 35.5 Å². The molecule has 0 aliphatic heterocycles. The third-order valence-corrected chi connectivity index (χ3v) is 4.71. The first-order valence-electron chi connectivity index (χ1n) is 10.1. The number of carboxylic acid groups (broad SMARTS) is 1. The van der Waals surface area contributed by atoms with Crippen molar-refractivity contribution in [1.82, 2.24) is 4.98 Å². The Bertz CT molecular complexity index is 1120. The highest BCUT2D eigenvalue weighted by Gasteiger charge is 2.23. The topological polar surface area (TPSA) is 94.7 Å². The number of aliphatic carboxylic acids is 1. The van der Waals surface area contributed by atoms with Gasteiger partial charge in [0.1, 0.15) is 5.75 Å². The van der Waals surface area contributed by atoms with Crippen LogP contribution in [0.1, 0.15) is 30.9 Å². The molecule has 1 heterocycles. The van der Waals surface area contributed by atoms with Crippen LogP contribution < -0.4 is 15.2 Å². The van der Waals surface area contributed by atoms with Crippen LogP contribution in [0.25, 0.3) is 11.1 Å². The Kier molecular flexibility index (Phi) is 7.37. The highest BCUT2D eigenvalue weighted by molar-refractivity contribution is 5.72. The van der Waals surface area contributed by atoms with Crippen molar-refractivity contribution in [3.8, 4) is 28.6 Å². The van der Waals surface area contributed by atoms with Crippen molar-refractivity contribution < 1.29 is 28.2 Å². The summed E-state index contributed by atoms with van der Waals surface area (Å²) in [6.07, 6.45) is -0.658. The molecule has 0 amide bonds. The van der Waals surface area contributed by atoms with E-state index in [-0.39, 0.29) is 12.2 Å². The summed E-state index contributed by atoms with van der Waals surface area (Å²) in [5, 5.41) is 9.23. The Hall–Kier alpha value is -3.52. The fraction of sp³-hybridized carbons (Fsp3) is 0.250. The van der Waals surface area contributed by atoms with E-state index in [9.17, 15) is 18.7 Å². The molecule has 1 unspecified atom stereocenters. The van der Waals surface area contributed by atoms with Crippen LogP contribution in [0.4, 0.5) is 8.78 Å². The lowest BCUT2D eigenvalue weighted by Crippen LogP contribution is -2.27. The van der Waals surface area contributed by atoms with Gasteiger partial charge in [-0.2, -0.15) is 4.98 Å². The summed E-state index contributed by atoms with van der Waals surface area (Å²) in [7, 11) is 0. The van der Waals surface area contributed by atoms with E-state index in [2.05, 4.69) is 4.98 Å². The number of aromatic nitrogens is 1. The van der Waals surface area contributed by atoms with Crippen molar-refractivity contribution in [3.63, 3.8) is 0 Å². The second-order valence-corrected chi connectivity index (χ2v) is 7.34. The molecule has 0 bridgehead atoms. The van der Waals surface area contributed by atoms with Gasteiger partial charge in [0.15, 0.2) is 17.7 Å².